The lowest BCUT2D eigenvalue weighted by Gasteiger charge is -2.38. The molecule has 2 bridgehead atoms. The van der Waals surface area contributed by atoms with Crippen molar-refractivity contribution in [1.29, 1.82) is 0 Å². The number of nitrogens with zero attached hydrogens (tertiary/aromatic N) is 1. The van der Waals surface area contributed by atoms with E-state index in [2.05, 4.69) is 4.74 Å². The molecule has 7 nitrogen and oxygen atoms in total. The maximum Gasteiger partial charge on any atom is 0.337 e. The van der Waals surface area contributed by atoms with Gasteiger partial charge in [-0.3, -0.25) is 4.79 Å². The van der Waals surface area contributed by atoms with E-state index in [1.807, 2.05) is 30.3 Å². The zero-order chi connectivity index (χ0) is 15.7. The fourth-order valence-electron chi connectivity index (χ4n) is 2.83. The SMILES string of the molecule is COC(=O)[C@H]1O[C@H]2O[C@H]1[C@H](CO)N(Cc1ccccc1)C2=O. The first-order valence-electron chi connectivity index (χ1n) is 6.99. The summed E-state index contributed by atoms with van der Waals surface area (Å²) in [6, 6.07) is 8.74. The summed E-state index contributed by atoms with van der Waals surface area (Å²) in [5.74, 6) is -1.01. The van der Waals surface area contributed by atoms with Gasteiger partial charge in [-0.1, -0.05) is 30.3 Å². The summed E-state index contributed by atoms with van der Waals surface area (Å²) in [4.78, 5) is 25.7. The molecule has 0 aliphatic carbocycles. The average Bonchev–Trinajstić information content (AvgIpc) is 2.95. The van der Waals surface area contributed by atoms with Gasteiger partial charge in [0.1, 0.15) is 6.10 Å². The van der Waals surface area contributed by atoms with Gasteiger partial charge < -0.3 is 24.2 Å². The molecule has 118 valence electrons. The standard InChI is InChI=1S/C15H17NO6/c1-20-14(19)12-11-10(8-17)16(13(18)15(21-11)22-12)7-9-5-3-2-4-6-9/h2-6,10-12,15,17H,7-8H2,1H3/t10-,11-,12-,15+/m0/s1. The normalized spacial score (nSPS) is 30.5. The second kappa shape index (κ2) is 6.04. The van der Waals surface area contributed by atoms with Crippen LogP contribution in [0.5, 0.6) is 0 Å². The monoisotopic (exact) mass is 307 g/mol. The first-order valence-corrected chi connectivity index (χ1v) is 6.99. The minimum Gasteiger partial charge on any atom is -0.467 e. The summed E-state index contributed by atoms with van der Waals surface area (Å²) in [6.07, 6.45) is -2.86. The molecule has 2 heterocycles. The third-order valence-electron chi connectivity index (χ3n) is 3.93. The zero-order valence-electron chi connectivity index (χ0n) is 12.0. The highest BCUT2D eigenvalue weighted by atomic mass is 16.8. The maximum absolute atomic E-state index is 12.4. The minimum absolute atomic E-state index is 0.318. The number of aliphatic hydroxyl groups excluding tert-OH is 1. The van der Waals surface area contributed by atoms with Crippen LogP contribution in [0.4, 0.5) is 0 Å². The van der Waals surface area contributed by atoms with E-state index >= 15 is 0 Å². The highest BCUT2D eigenvalue weighted by Crippen LogP contribution is 2.32. The van der Waals surface area contributed by atoms with Crippen molar-refractivity contribution in [2.75, 3.05) is 13.7 Å². The predicted molar refractivity (Wildman–Crippen MR) is 73.4 cm³/mol. The first-order chi connectivity index (χ1) is 10.7. The van der Waals surface area contributed by atoms with Gasteiger partial charge in [0.25, 0.3) is 5.91 Å². The van der Waals surface area contributed by atoms with Gasteiger partial charge in [0.15, 0.2) is 6.10 Å². The molecule has 2 fully saturated rings. The maximum atomic E-state index is 12.4. The van der Waals surface area contributed by atoms with Crippen molar-refractivity contribution in [2.45, 2.75) is 31.1 Å². The van der Waals surface area contributed by atoms with Crippen LogP contribution in [0.15, 0.2) is 30.3 Å². The number of aliphatic hydroxyl groups is 1. The smallest absolute Gasteiger partial charge is 0.337 e. The van der Waals surface area contributed by atoms with Gasteiger partial charge in [-0.15, -0.1) is 0 Å². The van der Waals surface area contributed by atoms with E-state index in [-0.39, 0.29) is 6.61 Å². The summed E-state index contributed by atoms with van der Waals surface area (Å²) in [7, 11) is 1.24. The van der Waals surface area contributed by atoms with Gasteiger partial charge in [0.2, 0.25) is 6.29 Å². The first kappa shape index (κ1) is 15.0. The van der Waals surface area contributed by atoms with Crippen molar-refractivity contribution in [3.8, 4) is 0 Å². The van der Waals surface area contributed by atoms with E-state index in [0.29, 0.717) is 6.54 Å². The van der Waals surface area contributed by atoms with Crippen LogP contribution in [-0.4, -0.2) is 60.1 Å². The Morgan fingerprint density at radius 2 is 2.05 bits per heavy atom. The Labute approximate surface area is 127 Å². The van der Waals surface area contributed by atoms with Gasteiger partial charge in [0, 0.05) is 6.54 Å². The number of ether oxygens (including phenoxy) is 3. The van der Waals surface area contributed by atoms with Gasteiger partial charge >= 0.3 is 5.97 Å². The third kappa shape index (κ3) is 2.47. The minimum atomic E-state index is -1.12. The van der Waals surface area contributed by atoms with E-state index in [1.54, 1.807) is 0 Å². The molecule has 0 spiro atoms. The molecule has 22 heavy (non-hydrogen) atoms. The summed E-state index contributed by atoms with van der Waals surface area (Å²) < 4.78 is 15.5. The van der Waals surface area contributed by atoms with Crippen molar-refractivity contribution in [1.82, 2.24) is 4.90 Å². The van der Waals surface area contributed by atoms with E-state index in [0.717, 1.165) is 5.56 Å². The van der Waals surface area contributed by atoms with E-state index in [4.69, 9.17) is 9.47 Å². The Morgan fingerprint density at radius 3 is 2.68 bits per heavy atom. The largest absolute Gasteiger partial charge is 0.467 e. The lowest BCUT2D eigenvalue weighted by Crippen LogP contribution is -2.57. The molecular weight excluding hydrogens is 290 g/mol. The molecule has 1 amide bonds. The van der Waals surface area contributed by atoms with Crippen LogP contribution in [0.1, 0.15) is 5.56 Å². The Hall–Kier alpha value is -1.96. The van der Waals surface area contributed by atoms with Crippen LogP contribution in [0, 0.1) is 0 Å². The van der Waals surface area contributed by atoms with Crippen LogP contribution in [0.3, 0.4) is 0 Å². The van der Waals surface area contributed by atoms with Crippen LogP contribution < -0.4 is 0 Å². The molecule has 1 N–H and O–H groups in total. The quantitative estimate of drug-likeness (QED) is 0.767. The number of hydrogen-bond donors (Lipinski definition) is 1. The molecule has 0 radical (unpaired) electrons. The average molecular weight is 307 g/mol. The lowest BCUT2D eigenvalue weighted by molar-refractivity contribution is -0.181. The predicted octanol–water partition coefficient (Wildman–Crippen LogP) is -0.327. The van der Waals surface area contributed by atoms with Crippen LogP contribution in [0.25, 0.3) is 0 Å². The number of carbonyl (C=O) groups is 2. The van der Waals surface area contributed by atoms with E-state index < -0.39 is 36.4 Å². The van der Waals surface area contributed by atoms with Crippen molar-refractivity contribution in [3.63, 3.8) is 0 Å². The molecule has 2 aliphatic heterocycles. The molecule has 2 aliphatic rings. The van der Waals surface area contributed by atoms with E-state index in [1.165, 1.54) is 12.0 Å². The number of rotatable bonds is 4. The zero-order valence-corrected chi connectivity index (χ0v) is 12.0. The van der Waals surface area contributed by atoms with Gasteiger partial charge in [0.05, 0.1) is 19.8 Å². The molecule has 4 atom stereocenters. The molecule has 1 aromatic carbocycles. The van der Waals surface area contributed by atoms with Crippen molar-refractivity contribution in [3.05, 3.63) is 35.9 Å². The Bertz CT molecular complexity index is 562. The number of benzene rings is 1. The molecule has 7 heteroatoms. The van der Waals surface area contributed by atoms with Crippen molar-refractivity contribution >= 4 is 11.9 Å². The highest BCUT2D eigenvalue weighted by molar-refractivity contribution is 5.84. The topological polar surface area (TPSA) is 85.3 Å². The second-order valence-electron chi connectivity index (χ2n) is 5.21. The Balaban J connectivity index is 1.85. The number of morpholine rings is 1. The fraction of sp³-hybridized carbons (Fsp3) is 0.467. The van der Waals surface area contributed by atoms with Gasteiger partial charge in [-0.25, -0.2) is 4.79 Å². The second-order valence-corrected chi connectivity index (χ2v) is 5.21. The number of carbonyl (C=O) groups excluding carboxylic acids is 2. The number of hydrogen-bond acceptors (Lipinski definition) is 6. The lowest BCUT2D eigenvalue weighted by atomic mass is 10.0. The summed E-state index contributed by atoms with van der Waals surface area (Å²) in [6.45, 7) is -0.00860. The number of amides is 1. The fourth-order valence-corrected chi connectivity index (χ4v) is 2.83. The van der Waals surface area contributed by atoms with Crippen molar-refractivity contribution < 1.29 is 28.9 Å². The van der Waals surface area contributed by atoms with Crippen LogP contribution >= 0.6 is 0 Å². The molecule has 0 saturated carbocycles. The summed E-state index contributed by atoms with van der Waals surface area (Å²) in [5, 5.41) is 9.67. The molecule has 2 saturated heterocycles. The highest BCUT2D eigenvalue weighted by Gasteiger charge is 2.55. The molecule has 0 unspecified atom stereocenters. The van der Waals surface area contributed by atoms with Crippen LogP contribution in [-0.2, 0) is 30.3 Å². The Morgan fingerprint density at radius 1 is 1.32 bits per heavy atom. The number of esters is 1. The van der Waals surface area contributed by atoms with Crippen molar-refractivity contribution in [2.24, 2.45) is 0 Å². The summed E-state index contributed by atoms with van der Waals surface area (Å²) in [5.41, 5.74) is 0.921. The van der Waals surface area contributed by atoms with Crippen LogP contribution in [0.2, 0.25) is 0 Å². The molecule has 3 rings (SSSR count). The van der Waals surface area contributed by atoms with E-state index in [9.17, 15) is 14.7 Å². The number of methoxy groups -OCH3 is 1. The van der Waals surface area contributed by atoms with Gasteiger partial charge in [-0.2, -0.15) is 0 Å². The Kier molecular flexibility index (Phi) is 4.10. The summed E-state index contributed by atoms with van der Waals surface area (Å²) >= 11 is 0. The molecule has 0 aromatic heterocycles. The number of fused-ring (bicyclic) bond motifs is 2. The third-order valence-corrected chi connectivity index (χ3v) is 3.93. The molecule has 1 aromatic rings. The molecular formula is C15H17NO6. The van der Waals surface area contributed by atoms with Gasteiger partial charge in [-0.05, 0) is 5.56 Å².